The molecule has 102 valence electrons. The summed E-state index contributed by atoms with van der Waals surface area (Å²) in [4.78, 5) is 1.45. The van der Waals surface area contributed by atoms with Crippen LogP contribution in [-0.2, 0) is 12.8 Å². The van der Waals surface area contributed by atoms with E-state index in [2.05, 4.69) is 63.7 Å². The van der Waals surface area contributed by atoms with Crippen molar-refractivity contribution in [3.05, 3.63) is 56.7 Å². The Morgan fingerprint density at radius 1 is 0.895 bits per heavy atom. The van der Waals surface area contributed by atoms with Crippen molar-refractivity contribution in [1.29, 1.82) is 0 Å². The fourth-order valence-electron chi connectivity index (χ4n) is 2.05. The van der Waals surface area contributed by atoms with Gasteiger partial charge in [-0.1, -0.05) is 30.3 Å². The smallest absolute Gasteiger partial charge is 0.0701 e. The van der Waals surface area contributed by atoms with E-state index >= 15 is 0 Å². The first-order chi connectivity index (χ1) is 9.34. The van der Waals surface area contributed by atoms with Gasteiger partial charge in [-0.15, -0.1) is 11.3 Å². The van der Waals surface area contributed by atoms with Crippen molar-refractivity contribution < 1.29 is 0 Å². The number of benzene rings is 1. The van der Waals surface area contributed by atoms with E-state index in [0.29, 0.717) is 0 Å². The molecule has 0 bridgehead atoms. The third-order valence-corrected chi connectivity index (χ3v) is 4.77. The van der Waals surface area contributed by atoms with Crippen LogP contribution in [0.3, 0.4) is 0 Å². The largest absolute Gasteiger partial charge is 0.316 e. The molecule has 0 saturated heterocycles. The van der Waals surface area contributed by atoms with Crippen molar-refractivity contribution in [2.45, 2.75) is 25.7 Å². The Balaban J connectivity index is 1.48. The van der Waals surface area contributed by atoms with E-state index in [9.17, 15) is 0 Å². The maximum Gasteiger partial charge on any atom is 0.0701 e. The third kappa shape index (κ3) is 5.89. The summed E-state index contributed by atoms with van der Waals surface area (Å²) >= 11 is 5.33. The van der Waals surface area contributed by atoms with Crippen LogP contribution >= 0.6 is 27.3 Å². The van der Waals surface area contributed by atoms with E-state index in [1.54, 1.807) is 0 Å². The van der Waals surface area contributed by atoms with Gasteiger partial charge in [0.15, 0.2) is 0 Å². The van der Waals surface area contributed by atoms with Gasteiger partial charge in [-0.2, -0.15) is 0 Å². The first-order valence-electron chi connectivity index (χ1n) is 6.83. The second-order valence-electron chi connectivity index (χ2n) is 4.65. The van der Waals surface area contributed by atoms with Gasteiger partial charge in [0.25, 0.3) is 0 Å². The van der Waals surface area contributed by atoms with Gasteiger partial charge in [-0.25, -0.2) is 0 Å². The van der Waals surface area contributed by atoms with Gasteiger partial charge in [0.1, 0.15) is 0 Å². The zero-order valence-electron chi connectivity index (χ0n) is 11.1. The van der Waals surface area contributed by atoms with Crippen LogP contribution in [-0.4, -0.2) is 13.1 Å². The highest BCUT2D eigenvalue weighted by Crippen LogP contribution is 2.21. The predicted octanol–water partition coefficient (Wildman–Crippen LogP) is 4.67. The van der Waals surface area contributed by atoms with Crippen molar-refractivity contribution in [3.8, 4) is 0 Å². The molecule has 1 N–H and O–H groups in total. The molecule has 0 spiro atoms. The van der Waals surface area contributed by atoms with Crippen LogP contribution in [0.15, 0.2) is 46.3 Å². The molecule has 2 aromatic rings. The average Bonchev–Trinajstić information content (AvgIpc) is 2.85. The molecule has 0 atom stereocenters. The quantitative estimate of drug-likeness (QED) is 0.690. The molecule has 1 heterocycles. The lowest BCUT2D eigenvalue weighted by Gasteiger charge is -2.04. The van der Waals surface area contributed by atoms with Crippen LogP contribution in [0.1, 0.15) is 23.3 Å². The highest BCUT2D eigenvalue weighted by molar-refractivity contribution is 9.11. The number of unbranched alkanes of at least 4 members (excludes halogenated alkanes) is 1. The van der Waals surface area contributed by atoms with Crippen LogP contribution < -0.4 is 5.32 Å². The second-order valence-corrected chi connectivity index (χ2v) is 7.20. The van der Waals surface area contributed by atoms with E-state index in [1.807, 2.05) is 11.3 Å². The average molecular weight is 338 g/mol. The monoisotopic (exact) mass is 337 g/mol. The Bertz CT molecular complexity index is 467. The minimum absolute atomic E-state index is 1.08. The Morgan fingerprint density at radius 2 is 1.74 bits per heavy atom. The fraction of sp³-hybridized carbons (Fsp3) is 0.375. The van der Waals surface area contributed by atoms with Crippen LogP contribution in [0, 0.1) is 0 Å². The summed E-state index contributed by atoms with van der Waals surface area (Å²) in [5.41, 5.74) is 1.45. The summed E-state index contributed by atoms with van der Waals surface area (Å²) in [5.74, 6) is 0. The molecule has 0 amide bonds. The van der Waals surface area contributed by atoms with Gasteiger partial charge >= 0.3 is 0 Å². The number of nitrogens with one attached hydrogen (secondary N) is 1. The second kappa shape index (κ2) is 8.51. The molecule has 1 nitrogen and oxygen atoms in total. The van der Waals surface area contributed by atoms with Crippen LogP contribution in [0.2, 0.25) is 0 Å². The molecule has 0 radical (unpaired) electrons. The molecule has 0 fully saturated rings. The van der Waals surface area contributed by atoms with Crippen molar-refractivity contribution in [2.75, 3.05) is 13.1 Å². The standard InChI is InChI=1S/C16H20BrNS/c17-16-10-9-15(19-16)11-13-18-12-5-4-8-14-6-2-1-3-7-14/h1-3,6-7,9-10,18H,4-5,8,11-13H2. The number of hydrogen-bond donors (Lipinski definition) is 1. The Kier molecular flexibility index (Phi) is 6.62. The highest BCUT2D eigenvalue weighted by atomic mass is 79.9. The Labute approximate surface area is 128 Å². The zero-order valence-corrected chi connectivity index (χ0v) is 13.5. The van der Waals surface area contributed by atoms with Gasteiger partial charge in [0.2, 0.25) is 0 Å². The molecule has 1 aromatic heterocycles. The van der Waals surface area contributed by atoms with Crippen molar-refractivity contribution >= 4 is 27.3 Å². The molecule has 3 heteroatoms. The molecular weight excluding hydrogens is 318 g/mol. The fourth-order valence-corrected chi connectivity index (χ4v) is 3.53. The first-order valence-corrected chi connectivity index (χ1v) is 8.44. The van der Waals surface area contributed by atoms with Crippen LogP contribution in [0.25, 0.3) is 0 Å². The van der Waals surface area contributed by atoms with Crippen molar-refractivity contribution in [1.82, 2.24) is 5.32 Å². The summed E-state index contributed by atoms with van der Waals surface area (Å²) in [7, 11) is 0. The number of hydrogen-bond acceptors (Lipinski definition) is 2. The molecule has 0 saturated carbocycles. The molecular formula is C16H20BrNS. The lowest BCUT2D eigenvalue weighted by atomic mass is 10.1. The summed E-state index contributed by atoms with van der Waals surface area (Å²) in [6, 6.07) is 15.1. The molecule has 2 rings (SSSR count). The summed E-state index contributed by atoms with van der Waals surface area (Å²) < 4.78 is 1.23. The minimum atomic E-state index is 1.08. The highest BCUT2D eigenvalue weighted by Gasteiger charge is 1.97. The maximum absolute atomic E-state index is 3.52. The number of aryl methyl sites for hydroxylation is 1. The van der Waals surface area contributed by atoms with Gasteiger partial charge in [0.05, 0.1) is 3.79 Å². The summed E-state index contributed by atoms with van der Waals surface area (Å²) in [6.07, 6.45) is 4.85. The zero-order chi connectivity index (χ0) is 13.3. The molecule has 0 aliphatic heterocycles. The topological polar surface area (TPSA) is 12.0 Å². The molecule has 0 aliphatic carbocycles. The summed E-state index contributed by atoms with van der Waals surface area (Å²) in [5, 5.41) is 3.52. The van der Waals surface area contributed by atoms with E-state index < -0.39 is 0 Å². The molecule has 19 heavy (non-hydrogen) atoms. The predicted molar refractivity (Wildman–Crippen MR) is 88.0 cm³/mol. The maximum atomic E-state index is 3.52. The lowest BCUT2D eigenvalue weighted by Crippen LogP contribution is -2.18. The number of halogens is 1. The third-order valence-electron chi connectivity index (χ3n) is 3.09. The van der Waals surface area contributed by atoms with E-state index in [1.165, 1.54) is 33.5 Å². The van der Waals surface area contributed by atoms with Crippen LogP contribution in [0.5, 0.6) is 0 Å². The molecule has 0 unspecified atom stereocenters. The van der Waals surface area contributed by atoms with E-state index in [0.717, 1.165) is 19.5 Å². The van der Waals surface area contributed by atoms with Gasteiger partial charge in [-0.3, -0.25) is 0 Å². The summed E-state index contributed by atoms with van der Waals surface area (Å²) in [6.45, 7) is 2.21. The Hall–Kier alpha value is -0.640. The van der Waals surface area contributed by atoms with E-state index in [-0.39, 0.29) is 0 Å². The number of rotatable bonds is 8. The van der Waals surface area contributed by atoms with Gasteiger partial charge in [-0.05, 0) is 72.4 Å². The van der Waals surface area contributed by atoms with Crippen molar-refractivity contribution in [3.63, 3.8) is 0 Å². The van der Waals surface area contributed by atoms with Gasteiger partial charge < -0.3 is 5.32 Å². The number of thiophene rings is 1. The van der Waals surface area contributed by atoms with E-state index in [4.69, 9.17) is 0 Å². The Morgan fingerprint density at radius 3 is 2.47 bits per heavy atom. The van der Waals surface area contributed by atoms with Gasteiger partial charge in [0, 0.05) is 4.88 Å². The minimum Gasteiger partial charge on any atom is -0.316 e. The first kappa shape index (κ1) is 14.8. The lowest BCUT2D eigenvalue weighted by molar-refractivity contribution is 0.624. The SMILES string of the molecule is Brc1ccc(CCNCCCCc2ccccc2)s1. The molecule has 1 aromatic carbocycles. The van der Waals surface area contributed by atoms with Crippen LogP contribution in [0.4, 0.5) is 0 Å². The normalized spacial score (nSPS) is 10.8. The van der Waals surface area contributed by atoms with Crippen molar-refractivity contribution in [2.24, 2.45) is 0 Å². The molecule has 0 aliphatic rings.